The molecule has 0 aliphatic heterocycles. The summed E-state index contributed by atoms with van der Waals surface area (Å²) < 4.78 is 9.98. The Bertz CT molecular complexity index is 654. The first kappa shape index (κ1) is 17.1. The van der Waals surface area contributed by atoms with Gasteiger partial charge in [0.2, 0.25) is 11.0 Å². The summed E-state index contributed by atoms with van der Waals surface area (Å²) in [5, 5.41) is 12.1. The Hall–Kier alpha value is -2.29. The molecule has 0 saturated carbocycles. The third-order valence-electron chi connectivity index (χ3n) is 3.11. The summed E-state index contributed by atoms with van der Waals surface area (Å²) in [6, 6.07) is 1.49. The SMILES string of the molecule is CCC[C@@H](C)c1nnc(NC(=O)c2cc(OC)nc(OC)n2)s1. The average Bonchev–Trinajstić information content (AvgIpc) is 3.03. The van der Waals surface area contributed by atoms with Crippen LogP contribution in [0.4, 0.5) is 5.13 Å². The maximum Gasteiger partial charge on any atom is 0.320 e. The first-order valence-corrected chi connectivity index (χ1v) is 8.00. The van der Waals surface area contributed by atoms with Gasteiger partial charge in [-0.2, -0.15) is 9.97 Å². The minimum absolute atomic E-state index is 0.0593. The van der Waals surface area contributed by atoms with E-state index in [0.29, 0.717) is 11.0 Å². The molecule has 0 aromatic carbocycles. The molecule has 124 valence electrons. The van der Waals surface area contributed by atoms with Crippen LogP contribution in [-0.4, -0.2) is 40.3 Å². The van der Waals surface area contributed by atoms with Gasteiger partial charge in [0.1, 0.15) is 10.7 Å². The summed E-state index contributed by atoms with van der Waals surface area (Å²) in [5.41, 5.74) is 0.132. The number of rotatable bonds is 7. The van der Waals surface area contributed by atoms with Crippen LogP contribution in [0.15, 0.2) is 6.07 Å². The zero-order chi connectivity index (χ0) is 16.8. The maximum absolute atomic E-state index is 12.3. The van der Waals surface area contributed by atoms with Crippen LogP contribution in [0.2, 0.25) is 0 Å². The summed E-state index contributed by atoms with van der Waals surface area (Å²) in [7, 11) is 2.87. The van der Waals surface area contributed by atoms with Gasteiger partial charge in [-0.1, -0.05) is 31.6 Å². The van der Waals surface area contributed by atoms with Crippen molar-refractivity contribution in [3.8, 4) is 11.9 Å². The summed E-state index contributed by atoms with van der Waals surface area (Å²) in [6.45, 7) is 4.21. The van der Waals surface area contributed by atoms with Gasteiger partial charge < -0.3 is 9.47 Å². The van der Waals surface area contributed by atoms with E-state index in [1.807, 2.05) is 0 Å². The molecule has 0 saturated heterocycles. The Morgan fingerprint density at radius 1 is 1.30 bits per heavy atom. The fraction of sp³-hybridized carbons (Fsp3) is 0.500. The van der Waals surface area contributed by atoms with Gasteiger partial charge in [-0.3, -0.25) is 10.1 Å². The van der Waals surface area contributed by atoms with E-state index in [-0.39, 0.29) is 17.6 Å². The Balaban J connectivity index is 2.13. The van der Waals surface area contributed by atoms with Gasteiger partial charge >= 0.3 is 6.01 Å². The number of ether oxygens (including phenoxy) is 2. The van der Waals surface area contributed by atoms with Gasteiger partial charge in [0, 0.05) is 12.0 Å². The van der Waals surface area contributed by atoms with E-state index in [1.165, 1.54) is 31.6 Å². The fourth-order valence-electron chi connectivity index (χ4n) is 1.92. The van der Waals surface area contributed by atoms with Crippen molar-refractivity contribution < 1.29 is 14.3 Å². The highest BCUT2D eigenvalue weighted by atomic mass is 32.1. The molecule has 0 spiro atoms. The standard InChI is InChI=1S/C14H19N5O3S/c1-5-6-8(2)12-18-19-14(23-12)17-11(20)9-7-10(21-3)16-13(15-9)22-4/h7-8H,5-6H2,1-4H3,(H,17,19,20)/t8-/m1/s1. The van der Waals surface area contributed by atoms with Gasteiger partial charge in [0.15, 0.2) is 0 Å². The quantitative estimate of drug-likeness (QED) is 0.828. The molecular formula is C14H19N5O3S. The summed E-state index contributed by atoms with van der Waals surface area (Å²) >= 11 is 1.36. The lowest BCUT2D eigenvalue weighted by molar-refractivity contribution is 0.102. The lowest BCUT2D eigenvalue weighted by atomic mass is 10.1. The minimum atomic E-state index is -0.421. The molecule has 0 fully saturated rings. The minimum Gasteiger partial charge on any atom is -0.481 e. The summed E-state index contributed by atoms with van der Waals surface area (Å²) in [5.74, 6) is 0.147. The van der Waals surface area contributed by atoms with E-state index < -0.39 is 5.91 Å². The number of methoxy groups -OCH3 is 2. The molecule has 23 heavy (non-hydrogen) atoms. The number of nitrogens with one attached hydrogen (secondary N) is 1. The number of hydrogen-bond donors (Lipinski definition) is 1. The molecule has 2 heterocycles. The van der Waals surface area contributed by atoms with Crippen LogP contribution in [0.3, 0.4) is 0 Å². The maximum atomic E-state index is 12.3. The van der Waals surface area contributed by atoms with Crippen molar-refractivity contribution in [2.24, 2.45) is 0 Å². The lowest BCUT2D eigenvalue weighted by Crippen LogP contribution is -2.14. The van der Waals surface area contributed by atoms with Crippen LogP contribution in [0.5, 0.6) is 11.9 Å². The number of nitrogens with zero attached hydrogens (tertiary/aromatic N) is 4. The highest BCUT2D eigenvalue weighted by Gasteiger charge is 2.16. The number of carbonyl (C=O) groups is 1. The normalized spacial score (nSPS) is 11.8. The molecule has 1 atom stereocenters. The molecule has 2 aromatic rings. The Morgan fingerprint density at radius 3 is 2.74 bits per heavy atom. The van der Waals surface area contributed by atoms with Crippen molar-refractivity contribution in [3.05, 3.63) is 16.8 Å². The van der Waals surface area contributed by atoms with Crippen molar-refractivity contribution in [1.82, 2.24) is 20.2 Å². The van der Waals surface area contributed by atoms with Gasteiger partial charge in [-0.15, -0.1) is 10.2 Å². The van der Waals surface area contributed by atoms with Crippen molar-refractivity contribution >= 4 is 22.4 Å². The molecular weight excluding hydrogens is 318 g/mol. The molecule has 8 nitrogen and oxygen atoms in total. The summed E-state index contributed by atoms with van der Waals surface area (Å²) in [6.07, 6.45) is 2.10. The molecule has 0 aliphatic carbocycles. The van der Waals surface area contributed by atoms with Gasteiger partial charge in [0.05, 0.1) is 14.2 Å². The van der Waals surface area contributed by atoms with Gasteiger partial charge in [-0.05, 0) is 6.42 Å². The molecule has 1 N–H and O–H groups in total. The monoisotopic (exact) mass is 337 g/mol. The van der Waals surface area contributed by atoms with Gasteiger partial charge in [0.25, 0.3) is 5.91 Å². The highest BCUT2D eigenvalue weighted by molar-refractivity contribution is 7.15. The number of anilines is 1. The van der Waals surface area contributed by atoms with Crippen LogP contribution in [-0.2, 0) is 0 Å². The predicted octanol–water partition coefficient (Wildman–Crippen LogP) is 2.50. The number of hydrogen-bond acceptors (Lipinski definition) is 8. The van der Waals surface area contributed by atoms with E-state index in [9.17, 15) is 4.79 Å². The van der Waals surface area contributed by atoms with Crippen molar-refractivity contribution in [3.63, 3.8) is 0 Å². The van der Waals surface area contributed by atoms with Crippen molar-refractivity contribution in [1.29, 1.82) is 0 Å². The second-order valence-corrected chi connectivity index (χ2v) is 5.88. The van der Waals surface area contributed by atoms with Crippen molar-refractivity contribution in [2.45, 2.75) is 32.6 Å². The zero-order valence-corrected chi connectivity index (χ0v) is 14.3. The van der Waals surface area contributed by atoms with Crippen LogP contribution in [0, 0.1) is 0 Å². The van der Waals surface area contributed by atoms with Crippen LogP contribution < -0.4 is 14.8 Å². The Kier molecular flexibility index (Phi) is 5.80. The lowest BCUT2D eigenvalue weighted by Gasteiger charge is -2.05. The summed E-state index contributed by atoms with van der Waals surface area (Å²) in [4.78, 5) is 20.2. The largest absolute Gasteiger partial charge is 0.481 e. The van der Waals surface area contributed by atoms with E-state index >= 15 is 0 Å². The number of amides is 1. The number of aromatic nitrogens is 4. The fourth-order valence-corrected chi connectivity index (χ4v) is 2.74. The highest BCUT2D eigenvalue weighted by Crippen LogP contribution is 2.26. The molecule has 2 aromatic heterocycles. The van der Waals surface area contributed by atoms with E-state index in [1.54, 1.807) is 0 Å². The molecule has 1 amide bonds. The molecule has 2 rings (SSSR count). The molecule has 0 aliphatic rings. The first-order valence-electron chi connectivity index (χ1n) is 7.19. The second-order valence-electron chi connectivity index (χ2n) is 4.87. The van der Waals surface area contributed by atoms with Crippen LogP contribution in [0.25, 0.3) is 0 Å². The number of carbonyl (C=O) groups excluding carboxylic acids is 1. The van der Waals surface area contributed by atoms with Crippen molar-refractivity contribution in [2.75, 3.05) is 19.5 Å². The topological polar surface area (TPSA) is 99.1 Å². The Morgan fingerprint density at radius 2 is 2.09 bits per heavy atom. The molecule has 9 heteroatoms. The second kappa shape index (κ2) is 7.82. The van der Waals surface area contributed by atoms with Crippen LogP contribution in [0.1, 0.15) is 48.1 Å². The van der Waals surface area contributed by atoms with E-state index in [4.69, 9.17) is 9.47 Å². The molecule has 0 bridgehead atoms. The zero-order valence-electron chi connectivity index (χ0n) is 13.5. The van der Waals surface area contributed by atoms with E-state index in [2.05, 4.69) is 39.3 Å². The van der Waals surface area contributed by atoms with Crippen LogP contribution >= 0.6 is 11.3 Å². The van der Waals surface area contributed by atoms with E-state index in [0.717, 1.165) is 17.8 Å². The smallest absolute Gasteiger partial charge is 0.320 e. The third kappa shape index (κ3) is 4.35. The third-order valence-corrected chi connectivity index (χ3v) is 4.18. The first-order chi connectivity index (χ1) is 11.1. The average molecular weight is 337 g/mol. The van der Waals surface area contributed by atoms with Gasteiger partial charge in [-0.25, -0.2) is 0 Å². The molecule has 0 unspecified atom stereocenters. The molecule has 0 radical (unpaired) electrons. The Labute approximate surface area is 138 Å². The predicted molar refractivity (Wildman–Crippen MR) is 86.3 cm³/mol.